The second-order valence-corrected chi connectivity index (χ2v) is 5.02. The van der Waals surface area contributed by atoms with Crippen LogP contribution in [-0.4, -0.2) is 17.3 Å². The van der Waals surface area contributed by atoms with Gasteiger partial charge in [-0.1, -0.05) is 18.2 Å². The van der Waals surface area contributed by atoms with Crippen LogP contribution in [-0.2, 0) is 11.2 Å². The summed E-state index contributed by atoms with van der Waals surface area (Å²) in [5.74, 6) is -0.0597. The Morgan fingerprint density at radius 3 is 2.65 bits per heavy atom. The van der Waals surface area contributed by atoms with Crippen molar-refractivity contribution in [1.29, 1.82) is 0 Å². The topological polar surface area (TPSA) is 29.1 Å². The van der Waals surface area contributed by atoms with E-state index in [4.69, 9.17) is 11.6 Å². The molecular weight excluding hydrogens is 241 g/mol. The van der Waals surface area contributed by atoms with Gasteiger partial charge in [0, 0.05) is 11.4 Å². The van der Waals surface area contributed by atoms with Gasteiger partial charge in [-0.15, -0.1) is 11.6 Å². The lowest BCUT2D eigenvalue weighted by Gasteiger charge is -2.25. The fraction of sp³-hybridized carbons (Fsp3) is 0.462. The molecule has 0 saturated carbocycles. The van der Waals surface area contributed by atoms with E-state index in [1.54, 1.807) is 18.2 Å². The summed E-state index contributed by atoms with van der Waals surface area (Å²) in [6.45, 7) is 3.79. The van der Waals surface area contributed by atoms with E-state index in [1.165, 1.54) is 6.07 Å². The highest BCUT2D eigenvalue weighted by Crippen LogP contribution is 2.11. The minimum atomic E-state index is -0.357. The molecule has 0 heterocycles. The number of alkyl halides is 1. The van der Waals surface area contributed by atoms with Gasteiger partial charge in [0.05, 0.1) is 6.42 Å². The van der Waals surface area contributed by atoms with E-state index >= 15 is 0 Å². The van der Waals surface area contributed by atoms with E-state index in [-0.39, 0.29) is 23.7 Å². The first-order valence-electron chi connectivity index (χ1n) is 5.55. The van der Waals surface area contributed by atoms with Crippen molar-refractivity contribution in [3.8, 4) is 0 Å². The zero-order valence-corrected chi connectivity index (χ0v) is 10.9. The molecule has 2 nitrogen and oxygen atoms in total. The molecule has 0 fully saturated rings. The second kappa shape index (κ2) is 6.01. The number of nitrogens with one attached hydrogen (secondary N) is 1. The summed E-state index contributed by atoms with van der Waals surface area (Å²) in [6.07, 6.45) is 0.732. The maximum Gasteiger partial charge on any atom is 0.224 e. The lowest BCUT2D eigenvalue weighted by Crippen LogP contribution is -2.44. The summed E-state index contributed by atoms with van der Waals surface area (Å²) >= 11 is 5.64. The summed E-state index contributed by atoms with van der Waals surface area (Å²) in [4.78, 5) is 11.7. The Bertz CT molecular complexity index is 393. The Balaban J connectivity index is 2.59. The Labute approximate surface area is 106 Å². The van der Waals surface area contributed by atoms with Crippen LogP contribution in [0.25, 0.3) is 0 Å². The molecule has 1 rings (SSSR count). The highest BCUT2D eigenvalue weighted by atomic mass is 35.5. The van der Waals surface area contributed by atoms with Gasteiger partial charge >= 0.3 is 0 Å². The monoisotopic (exact) mass is 257 g/mol. The minimum Gasteiger partial charge on any atom is -0.351 e. The molecular formula is C13H17ClFNO. The number of halogens is 2. The van der Waals surface area contributed by atoms with Crippen molar-refractivity contribution < 1.29 is 9.18 Å². The molecule has 0 spiro atoms. The van der Waals surface area contributed by atoms with Crippen LogP contribution in [0.4, 0.5) is 4.39 Å². The van der Waals surface area contributed by atoms with Crippen molar-refractivity contribution in [3.63, 3.8) is 0 Å². The van der Waals surface area contributed by atoms with Crippen molar-refractivity contribution in [2.45, 2.75) is 32.2 Å². The highest BCUT2D eigenvalue weighted by molar-refractivity contribution is 6.17. The quantitative estimate of drug-likeness (QED) is 0.808. The van der Waals surface area contributed by atoms with Crippen LogP contribution in [0.1, 0.15) is 25.8 Å². The molecule has 0 radical (unpaired) electrons. The van der Waals surface area contributed by atoms with Crippen molar-refractivity contribution in [2.75, 3.05) is 5.88 Å². The Morgan fingerprint density at radius 2 is 2.06 bits per heavy atom. The van der Waals surface area contributed by atoms with Gasteiger partial charge in [0.25, 0.3) is 0 Å². The predicted octanol–water partition coefficient (Wildman–Crippen LogP) is 2.89. The van der Waals surface area contributed by atoms with Crippen molar-refractivity contribution >= 4 is 17.5 Å². The van der Waals surface area contributed by atoms with E-state index in [2.05, 4.69) is 5.32 Å². The van der Waals surface area contributed by atoms with Crippen LogP contribution >= 0.6 is 11.6 Å². The third-order valence-electron chi connectivity index (χ3n) is 2.51. The molecule has 0 aromatic heterocycles. The van der Waals surface area contributed by atoms with E-state index in [0.717, 1.165) is 0 Å². The van der Waals surface area contributed by atoms with Gasteiger partial charge in [-0.05, 0) is 31.9 Å². The third kappa shape index (κ3) is 4.73. The summed E-state index contributed by atoms with van der Waals surface area (Å²) in [5, 5.41) is 2.84. The molecule has 94 valence electrons. The van der Waals surface area contributed by atoms with Crippen LogP contribution in [0.5, 0.6) is 0 Å². The zero-order valence-electron chi connectivity index (χ0n) is 10.1. The number of carbonyl (C=O) groups excluding carboxylic acids is 1. The molecule has 0 bridgehead atoms. The molecule has 17 heavy (non-hydrogen) atoms. The molecule has 1 aromatic carbocycles. The molecule has 0 unspecified atom stereocenters. The van der Waals surface area contributed by atoms with Crippen LogP contribution in [0, 0.1) is 5.82 Å². The van der Waals surface area contributed by atoms with E-state index < -0.39 is 0 Å². The molecule has 0 aliphatic heterocycles. The number of carbonyl (C=O) groups is 1. The minimum absolute atomic E-state index is 0.0540. The molecule has 1 N–H and O–H groups in total. The van der Waals surface area contributed by atoms with Crippen molar-refractivity contribution in [1.82, 2.24) is 5.32 Å². The van der Waals surface area contributed by atoms with E-state index in [0.29, 0.717) is 17.9 Å². The van der Waals surface area contributed by atoms with Gasteiger partial charge in [0.1, 0.15) is 5.82 Å². The number of rotatable bonds is 5. The molecule has 0 aliphatic carbocycles. The van der Waals surface area contributed by atoms with Crippen LogP contribution in [0.2, 0.25) is 0 Å². The van der Waals surface area contributed by atoms with Crippen molar-refractivity contribution in [3.05, 3.63) is 35.6 Å². The van der Waals surface area contributed by atoms with Crippen LogP contribution < -0.4 is 5.32 Å². The first-order valence-corrected chi connectivity index (χ1v) is 6.08. The van der Waals surface area contributed by atoms with E-state index in [9.17, 15) is 9.18 Å². The number of benzene rings is 1. The highest BCUT2D eigenvalue weighted by Gasteiger charge is 2.20. The van der Waals surface area contributed by atoms with Gasteiger partial charge in [0.15, 0.2) is 0 Å². The molecule has 1 aromatic rings. The Hall–Kier alpha value is -1.09. The Kier molecular flexibility index (Phi) is 4.94. The summed E-state index contributed by atoms with van der Waals surface area (Å²) < 4.78 is 13.3. The van der Waals surface area contributed by atoms with Gasteiger partial charge in [0.2, 0.25) is 5.91 Å². The zero-order chi connectivity index (χ0) is 12.9. The average molecular weight is 258 g/mol. The fourth-order valence-electron chi connectivity index (χ4n) is 1.54. The molecule has 1 amide bonds. The smallest absolute Gasteiger partial charge is 0.224 e. The number of amides is 1. The standard InChI is InChI=1S/C13H17ClFNO/c1-13(2,7-8-14)16-12(17)9-10-5-3-4-6-11(10)15/h3-6H,7-9H2,1-2H3,(H,16,17). The fourth-order valence-corrected chi connectivity index (χ4v) is 2.01. The summed E-state index contributed by atoms with van der Waals surface area (Å²) in [6, 6.07) is 6.29. The second-order valence-electron chi connectivity index (χ2n) is 4.64. The molecule has 0 aliphatic rings. The summed E-state index contributed by atoms with van der Waals surface area (Å²) in [7, 11) is 0. The SMILES string of the molecule is CC(C)(CCCl)NC(=O)Cc1ccccc1F. The maximum absolute atomic E-state index is 13.3. The van der Waals surface area contributed by atoms with Crippen LogP contribution in [0.15, 0.2) is 24.3 Å². The first kappa shape index (κ1) is 14.0. The largest absolute Gasteiger partial charge is 0.351 e. The van der Waals surface area contributed by atoms with Crippen LogP contribution in [0.3, 0.4) is 0 Å². The van der Waals surface area contributed by atoms with Gasteiger partial charge in [-0.3, -0.25) is 4.79 Å². The summed E-state index contributed by atoms with van der Waals surface area (Å²) in [5.41, 5.74) is 0.0519. The third-order valence-corrected chi connectivity index (χ3v) is 2.70. The van der Waals surface area contributed by atoms with Gasteiger partial charge in [-0.2, -0.15) is 0 Å². The molecule has 0 saturated heterocycles. The Morgan fingerprint density at radius 1 is 1.41 bits per heavy atom. The first-order chi connectivity index (χ1) is 7.94. The molecule has 0 atom stereocenters. The number of hydrogen-bond donors (Lipinski definition) is 1. The average Bonchev–Trinajstić information content (AvgIpc) is 2.20. The lowest BCUT2D eigenvalue weighted by molar-refractivity contribution is -0.122. The van der Waals surface area contributed by atoms with E-state index in [1.807, 2.05) is 13.8 Å². The molecule has 4 heteroatoms. The number of hydrogen-bond acceptors (Lipinski definition) is 1. The predicted molar refractivity (Wildman–Crippen MR) is 67.7 cm³/mol. The van der Waals surface area contributed by atoms with Crippen molar-refractivity contribution in [2.24, 2.45) is 0 Å². The lowest BCUT2D eigenvalue weighted by atomic mass is 10.0. The van der Waals surface area contributed by atoms with Gasteiger partial charge < -0.3 is 5.32 Å². The van der Waals surface area contributed by atoms with Gasteiger partial charge in [-0.25, -0.2) is 4.39 Å². The maximum atomic E-state index is 13.3. The normalized spacial score (nSPS) is 11.3.